The molecule has 1 aromatic carbocycles. The number of rotatable bonds is 1. The van der Waals surface area contributed by atoms with Crippen molar-refractivity contribution in [3.8, 4) is 0 Å². The third-order valence-electron chi connectivity index (χ3n) is 4.21. The van der Waals surface area contributed by atoms with E-state index in [0.717, 1.165) is 11.8 Å². The summed E-state index contributed by atoms with van der Waals surface area (Å²) in [5, 5.41) is 0.741. The van der Waals surface area contributed by atoms with E-state index in [9.17, 15) is 14.4 Å². The van der Waals surface area contributed by atoms with Gasteiger partial charge in [0.05, 0.1) is 5.56 Å². The van der Waals surface area contributed by atoms with E-state index in [1.165, 1.54) is 6.07 Å². The minimum absolute atomic E-state index is 0.0286. The Labute approximate surface area is 133 Å². The van der Waals surface area contributed by atoms with Crippen LogP contribution < -0.4 is 5.56 Å². The molecule has 1 N–H and O–H groups in total. The molecule has 6 heteroatoms. The zero-order chi connectivity index (χ0) is 16.4. The van der Waals surface area contributed by atoms with E-state index in [-0.39, 0.29) is 17.4 Å². The summed E-state index contributed by atoms with van der Waals surface area (Å²) in [7, 11) is 0. The van der Waals surface area contributed by atoms with Crippen molar-refractivity contribution in [2.45, 2.75) is 13.3 Å². The van der Waals surface area contributed by atoms with Crippen molar-refractivity contribution in [3.05, 3.63) is 46.2 Å². The number of carbonyl (C=O) groups excluding carboxylic acids is 2. The number of para-hydroxylation sites is 1. The molecule has 0 radical (unpaired) electrons. The summed E-state index contributed by atoms with van der Waals surface area (Å²) in [6.07, 6.45) is 0.743. The Balaban J connectivity index is 1.91. The van der Waals surface area contributed by atoms with Crippen LogP contribution in [0.2, 0.25) is 0 Å². The molecule has 1 saturated heterocycles. The first-order valence-corrected chi connectivity index (χ1v) is 7.73. The van der Waals surface area contributed by atoms with Gasteiger partial charge in [-0.25, -0.2) is 0 Å². The Hall–Kier alpha value is -2.63. The highest BCUT2D eigenvalue weighted by atomic mass is 16.2. The molecule has 2 amide bonds. The van der Waals surface area contributed by atoms with Gasteiger partial charge in [-0.05, 0) is 12.5 Å². The summed E-state index contributed by atoms with van der Waals surface area (Å²) >= 11 is 0. The second-order valence-corrected chi connectivity index (χ2v) is 5.74. The highest BCUT2D eigenvalue weighted by Gasteiger charge is 2.23. The van der Waals surface area contributed by atoms with Crippen LogP contribution in [0.5, 0.6) is 0 Å². The van der Waals surface area contributed by atoms with Gasteiger partial charge in [0.2, 0.25) is 11.5 Å². The summed E-state index contributed by atoms with van der Waals surface area (Å²) < 4.78 is 0. The van der Waals surface area contributed by atoms with Crippen LogP contribution in [-0.2, 0) is 4.79 Å². The van der Waals surface area contributed by atoms with E-state index in [1.54, 1.807) is 22.8 Å². The first-order valence-electron chi connectivity index (χ1n) is 7.73. The normalized spacial score (nSPS) is 15.5. The molecule has 1 aliphatic heterocycles. The van der Waals surface area contributed by atoms with Gasteiger partial charge in [-0.3, -0.25) is 14.4 Å². The summed E-state index contributed by atoms with van der Waals surface area (Å²) in [6.45, 7) is 3.81. The maximum absolute atomic E-state index is 12.9. The largest absolute Gasteiger partial charge is 0.341 e. The number of hydrogen-bond donors (Lipinski definition) is 1. The topological polar surface area (TPSA) is 73.5 Å². The summed E-state index contributed by atoms with van der Waals surface area (Å²) in [5.74, 6) is -0.126. The average molecular weight is 313 g/mol. The van der Waals surface area contributed by atoms with Crippen LogP contribution in [0.15, 0.2) is 35.1 Å². The van der Waals surface area contributed by atoms with Crippen molar-refractivity contribution in [3.63, 3.8) is 0 Å². The molecule has 3 rings (SSSR count). The zero-order valence-electron chi connectivity index (χ0n) is 13.0. The van der Waals surface area contributed by atoms with Crippen molar-refractivity contribution in [1.82, 2.24) is 14.8 Å². The lowest BCUT2D eigenvalue weighted by Gasteiger charge is -2.22. The molecule has 0 unspecified atom stereocenters. The van der Waals surface area contributed by atoms with E-state index >= 15 is 0 Å². The van der Waals surface area contributed by atoms with E-state index in [4.69, 9.17) is 0 Å². The molecule has 23 heavy (non-hydrogen) atoms. The van der Waals surface area contributed by atoms with E-state index < -0.39 is 0 Å². The number of amides is 2. The van der Waals surface area contributed by atoms with Crippen LogP contribution in [-0.4, -0.2) is 52.8 Å². The van der Waals surface area contributed by atoms with Crippen LogP contribution in [0, 0.1) is 0 Å². The van der Waals surface area contributed by atoms with Crippen molar-refractivity contribution >= 4 is 22.7 Å². The standard InChI is InChI=1S/C17H19N3O3/c1-12(21)19-7-4-8-20(10-9-19)17(23)14-11-16(22)18-15-6-3-2-5-13(14)15/h2-3,5-6,11H,4,7-10H2,1H3,(H,18,22). The first kappa shape index (κ1) is 15.3. The van der Waals surface area contributed by atoms with Crippen molar-refractivity contribution in [2.24, 2.45) is 0 Å². The summed E-state index contributed by atoms with van der Waals surface area (Å²) in [6, 6.07) is 8.64. The predicted octanol–water partition coefficient (Wildman–Crippen LogP) is 1.22. The van der Waals surface area contributed by atoms with Crippen LogP contribution in [0.4, 0.5) is 0 Å². The van der Waals surface area contributed by atoms with Crippen LogP contribution in [0.25, 0.3) is 10.9 Å². The number of hydrogen-bond acceptors (Lipinski definition) is 3. The minimum atomic E-state index is -0.285. The van der Waals surface area contributed by atoms with Gasteiger partial charge >= 0.3 is 0 Å². The molecule has 2 aromatic rings. The Bertz CT molecular complexity index is 812. The van der Waals surface area contributed by atoms with Gasteiger partial charge in [-0.2, -0.15) is 0 Å². The highest BCUT2D eigenvalue weighted by molar-refractivity contribution is 6.05. The Morgan fingerprint density at radius 3 is 2.52 bits per heavy atom. The number of nitrogens with zero attached hydrogens (tertiary/aromatic N) is 2. The maximum Gasteiger partial charge on any atom is 0.254 e. The summed E-state index contributed by atoms with van der Waals surface area (Å²) in [4.78, 5) is 42.4. The van der Waals surface area contributed by atoms with Crippen LogP contribution in [0.1, 0.15) is 23.7 Å². The molecule has 6 nitrogen and oxygen atoms in total. The number of carbonyl (C=O) groups is 2. The van der Waals surface area contributed by atoms with E-state index in [2.05, 4.69) is 4.98 Å². The molecule has 120 valence electrons. The van der Waals surface area contributed by atoms with Gasteiger partial charge in [0.25, 0.3) is 5.91 Å². The lowest BCUT2D eigenvalue weighted by atomic mass is 10.1. The van der Waals surface area contributed by atoms with Gasteiger partial charge in [0, 0.05) is 50.1 Å². The molecular formula is C17H19N3O3. The maximum atomic E-state index is 12.9. The fourth-order valence-corrected chi connectivity index (χ4v) is 2.99. The van der Waals surface area contributed by atoms with Gasteiger partial charge < -0.3 is 14.8 Å². The molecular weight excluding hydrogens is 294 g/mol. The second-order valence-electron chi connectivity index (χ2n) is 5.74. The SMILES string of the molecule is CC(=O)N1CCCN(C(=O)c2cc(=O)[nH]c3ccccc23)CC1. The van der Waals surface area contributed by atoms with Crippen molar-refractivity contribution < 1.29 is 9.59 Å². The molecule has 0 aliphatic carbocycles. The van der Waals surface area contributed by atoms with Gasteiger partial charge in [0.15, 0.2) is 0 Å². The van der Waals surface area contributed by atoms with Gasteiger partial charge in [0.1, 0.15) is 0 Å². The summed E-state index contributed by atoms with van der Waals surface area (Å²) in [5.41, 5.74) is 0.788. The Morgan fingerprint density at radius 2 is 1.74 bits per heavy atom. The van der Waals surface area contributed by atoms with Crippen LogP contribution in [0.3, 0.4) is 0 Å². The Kier molecular flexibility index (Phi) is 4.14. The lowest BCUT2D eigenvalue weighted by Crippen LogP contribution is -2.37. The van der Waals surface area contributed by atoms with E-state index in [1.807, 2.05) is 18.2 Å². The number of aromatic amines is 1. The Morgan fingerprint density at radius 1 is 1.04 bits per heavy atom. The quantitative estimate of drug-likeness (QED) is 0.860. The second kappa shape index (κ2) is 6.24. The average Bonchev–Trinajstić information content (AvgIpc) is 2.79. The lowest BCUT2D eigenvalue weighted by molar-refractivity contribution is -0.128. The highest BCUT2D eigenvalue weighted by Crippen LogP contribution is 2.17. The van der Waals surface area contributed by atoms with Crippen molar-refractivity contribution in [2.75, 3.05) is 26.2 Å². The molecule has 0 atom stereocenters. The fourth-order valence-electron chi connectivity index (χ4n) is 2.99. The molecule has 2 heterocycles. The van der Waals surface area contributed by atoms with Crippen LogP contribution >= 0.6 is 0 Å². The number of aromatic nitrogens is 1. The number of H-pyrrole nitrogens is 1. The van der Waals surface area contributed by atoms with Crippen molar-refractivity contribution in [1.29, 1.82) is 0 Å². The fraction of sp³-hybridized carbons (Fsp3) is 0.353. The third kappa shape index (κ3) is 3.11. The number of nitrogens with one attached hydrogen (secondary N) is 1. The third-order valence-corrected chi connectivity index (χ3v) is 4.21. The smallest absolute Gasteiger partial charge is 0.254 e. The van der Waals surface area contributed by atoms with Gasteiger partial charge in [-0.1, -0.05) is 18.2 Å². The van der Waals surface area contributed by atoms with E-state index in [0.29, 0.717) is 37.3 Å². The molecule has 0 saturated carbocycles. The number of pyridine rings is 1. The monoisotopic (exact) mass is 313 g/mol. The van der Waals surface area contributed by atoms with Gasteiger partial charge in [-0.15, -0.1) is 0 Å². The molecule has 0 spiro atoms. The first-order chi connectivity index (χ1) is 11.1. The molecule has 1 fully saturated rings. The molecule has 0 bridgehead atoms. The molecule has 1 aliphatic rings. The zero-order valence-corrected chi connectivity index (χ0v) is 13.0. The minimum Gasteiger partial charge on any atom is -0.341 e. The molecule has 1 aromatic heterocycles. The predicted molar refractivity (Wildman–Crippen MR) is 87.3 cm³/mol. The number of benzene rings is 1. The number of fused-ring (bicyclic) bond motifs is 1.